The van der Waals surface area contributed by atoms with E-state index in [0.29, 0.717) is 13.2 Å². The Bertz CT molecular complexity index is 668. The quantitative estimate of drug-likeness (QED) is 0.822. The van der Waals surface area contributed by atoms with Crippen LogP contribution in [0.5, 0.6) is 0 Å². The number of carbonyl (C=O) groups excluding carboxylic acids is 1. The van der Waals surface area contributed by atoms with E-state index in [1.807, 2.05) is 26.0 Å². The Morgan fingerprint density at radius 3 is 2.71 bits per heavy atom. The highest BCUT2D eigenvalue weighted by Crippen LogP contribution is 2.17. The van der Waals surface area contributed by atoms with Crippen LogP contribution in [0.15, 0.2) is 29.3 Å². The van der Waals surface area contributed by atoms with Crippen LogP contribution in [0.1, 0.15) is 26.7 Å². The van der Waals surface area contributed by atoms with E-state index < -0.39 is 0 Å². The Balaban J connectivity index is 2.48. The average molecular weight is 306 g/mol. The lowest BCUT2D eigenvalue weighted by atomic mass is 10.0. The Morgan fingerprint density at radius 2 is 2.05 bits per heavy atom. The van der Waals surface area contributed by atoms with Crippen LogP contribution in [-0.2, 0) is 16.1 Å². The van der Waals surface area contributed by atoms with E-state index in [1.165, 1.54) is 0 Å². The molecule has 1 amide bonds. The van der Waals surface area contributed by atoms with E-state index >= 15 is 0 Å². The molecule has 114 valence electrons. The highest BCUT2D eigenvalue weighted by Gasteiger charge is 2.14. The first-order valence-electron chi connectivity index (χ1n) is 7.37. The maximum absolute atomic E-state index is 12.3. The summed E-state index contributed by atoms with van der Waals surface area (Å²) in [5.74, 6) is 0.00353. The second-order valence-electron chi connectivity index (χ2n) is 4.96. The predicted molar refractivity (Wildman–Crippen MR) is 86.3 cm³/mol. The van der Waals surface area contributed by atoms with E-state index in [1.54, 1.807) is 18.4 Å². The molecule has 0 spiro atoms. The fourth-order valence-corrected chi connectivity index (χ4v) is 3.39. The van der Waals surface area contributed by atoms with Gasteiger partial charge in [0.1, 0.15) is 0 Å². The minimum Gasteiger partial charge on any atom is -0.383 e. The summed E-state index contributed by atoms with van der Waals surface area (Å²) in [5.41, 5.74) is 1.11. The number of nitrogens with zero attached hydrogens (tertiary/aromatic N) is 2. The van der Waals surface area contributed by atoms with Gasteiger partial charge in [0.25, 0.3) is 5.91 Å². The number of hydrogen-bond donors (Lipinski definition) is 0. The van der Waals surface area contributed by atoms with Gasteiger partial charge in [0.15, 0.2) is 4.80 Å². The monoisotopic (exact) mass is 306 g/mol. The molecule has 2 aromatic rings. The lowest BCUT2D eigenvalue weighted by Gasteiger charge is -2.07. The molecule has 0 unspecified atom stereocenters. The lowest BCUT2D eigenvalue weighted by Crippen LogP contribution is -2.21. The summed E-state index contributed by atoms with van der Waals surface area (Å²) in [6.45, 7) is 5.37. The Kier molecular flexibility index (Phi) is 5.70. The smallest absolute Gasteiger partial charge is 0.251 e. The minimum atomic E-state index is -0.0160. The molecule has 0 aliphatic rings. The maximum atomic E-state index is 12.3. The fourth-order valence-electron chi connectivity index (χ4n) is 2.33. The predicted octanol–water partition coefficient (Wildman–Crippen LogP) is 3.21. The number of rotatable bonds is 6. The van der Waals surface area contributed by atoms with Gasteiger partial charge in [-0.3, -0.25) is 4.79 Å². The first kappa shape index (κ1) is 15.9. The third kappa shape index (κ3) is 3.60. The van der Waals surface area contributed by atoms with Crippen molar-refractivity contribution in [2.45, 2.75) is 33.2 Å². The van der Waals surface area contributed by atoms with Crippen molar-refractivity contribution in [1.29, 1.82) is 0 Å². The molecule has 21 heavy (non-hydrogen) atoms. The van der Waals surface area contributed by atoms with Crippen molar-refractivity contribution in [2.24, 2.45) is 10.9 Å². The van der Waals surface area contributed by atoms with Crippen molar-refractivity contribution in [3.63, 3.8) is 0 Å². The molecule has 1 aromatic heterocycles. The summed E-state index contributed by atoms with van der Waals surface area (Å²) < 4.78 is 8.39. The minimum absolute atomic E-state index is 0.0160. The second kappa shape index (κ2) is 7.52. The van der Waals surface area contributed by atoms with Gasteiger partial charge >= 0.3 is 0 Å². The highest BCUT2D eigenvalue weighted by molar-refractivity contribution is 7.16. The first-order chi connectivity index (χ1) is 10.2. The number of benzene rings is 1. The molecule has 0 fully saturated rings. The van der Waals surface area contributed by atoms with E-state index in [0.717, 1.165) is 27.9 Å². The molecule has 0 saturated heterocycles. The van der Waals surface area contributed by atoms with E-state index in [9.17, 15) is 4.79 Å². The Labute approximate surface area is 129 Å². The summed E-state index contributed by atoms with van der Waals surface area (Å²) in [4.78, 5) is 17.4. The van der Waals surface area contributed by atoms with Crippen LogP contribution in [0.3, 0.4) is 0 Å². The Hall–Kier alpha value is -1.46. The number of hydrogen-bond acceptors (Lipinski definition) is 3. The Morgan fingerprint density at radius 1 is 1.33 bits per heavy atom. The summed E-state index contributed by atoms with van der Waals surface area (Å²) in [6, 6.07) is 8.13. The largest absolute Gasteiger partial charge is 0.383 e. The fraction of sp³-hybridized carbons (Fsp3) is 0.500. The summed E-state index contributed by atoms with van der Waals surface area (Å²) in [5, 5.41) is 0. The SMILES string of the molecule is CCC(CC)C(=O)/N=c1\sc2ccccc2n1CCOC. The molecule has 1 heterocycles. The van der Waals surface area contributed by atoms with Crippen molar-refractivity contribution in [2.75, 3.05) is 13.7 Å². The normalized spacial score (nSPS) is 12.5. The number of thiazole rings is 1. The van der Waals surface area contributed by atoms with Crippen LogP contribution in [0.4, 0.5) is 0 Å². The number of ether oxygens (including phenoxy) is 1. The standard InChI is InChI=1S/C16H22N2O2S/c1-4-12(5-2)15(19)17-16-18(10-11-20-3)13-8-6-7-9-14(13)21-16/h6-9,12H,4-5,10-11H2,1-3H3/b17-16-. The van der Waals surface area contributed by atoms with Gasteiger partial charge in [-0.15, -0.1) is 0 Å². The average Bonchev–Trinajstić information content (AvgIpc) is 2.83. The topological polar surface area (TPSA) is 43.6 Å². The zero-order valence-electron chi connectivity index (χ0n) is 12.8. The molecule has 1 aromatic carbocycles. The zero-order valence-corrected chi connectivity index (χ0v) is 13.7. The molecular weight excluding hydrogens is 284 g/mol. The van der Waals surface area contributed by atoms with Gasteiger partial charge in [-0.25, -0.2) is 0 Å². The molecule has 0 radical (unpaired) electrons. The van der Waals surface area contributed by atoms with Crippen LogP contribution in [-0.4, -0.2) is 24.2 Å². The van der Waals surface area contributed by atoms with Gasteiger partial charge in [-0.2, -0.15) is 4.99 Å². The molecule has 2 rings (SSSR count). The van der Waals surface area contributed by atoms with Crippen molar-refractivity contribution in [1.82, 2.24) is 4.57 Å². The van der Waals surface area contributed by atoms with Crippen LogP contribution in [0, 0.1) is 5.92 Å². The third-order valence-corrected chi connectivity index (χ3v) is 4.71. The summed E-state index contributed by atoms with van der Waals surface area (Å²) >= 11 is 1.56. The third-order valence-electron chi connectivity index (χ3n) is 3.65. The van der Waals surface area contributed by atoms with Crippen molar-refractivity contribution < 1.29 is 9.53 Å². The molecular formula is C16H22N2O2S. The number of amides is 1. The van der Waals surface area contributed by atoms with Crippen LogP contribution in [0.2, 0.25) is 0 Å². The van der Waals surface area contributed by atoms with Crippen LogP contribution < -0.4 is 4.80 Å². The van der Waals surface area contributed by atoms with Gasteiger partial charge < -0.3 is 9.30 Å². The number of carbonyl (C=O) groups is 1. The second-order valence-corrected chi connectivity index (χ2v) is 5.97. The molecule has 0 bridgehead atoms. The van der Waals surface area contributed by atoms with E-state index in [-0.39, 0.29) is 11.8 Å². The molecule has 4 nitrogen and oxygen atoms in total. The number of para-hydroxylation sites is 1. The van der Waals surface area contributed by atoms with Gasteiger partial charge in [0.05, 0.1) is 16.8 Å². The van der Waals surface area contributed by atoms with Gasteiger partial charge in [0, 0.05) is 19.6 Å². The van der Waals surface area contributed by atoms with Crippen molar-refractivity contribution in [3.8, 4) is 0 Å². The molecule has 0 aliphatic heterocycles. The molecule has 0 atom stereocenters. The molecule has 0 N–H and O–H groups in total. The summed E-state index contributed by atoms with van der Waals surface area (Å²) in [7, 11) is 1.68. The molecule has 5 heteroatoms. The van der Waals surface area contributed by atoms with Crippen molar-refractivity contribution in [3.05, 3.63) is 29.1 Å². The van der Waals surface area contributed by atoms with Gasteiger partial charge in [-0.05, 0) is 25.0 Å². The molecule has 0 aliphatic carbocycles. The van der Waals surface area contributed by atoms with Gasteiger partial charge in [0.2, 0.25) is 0 Å². The van der Waals surface area contributed by atoms with E-state index in [4.69, 9.17) is 4.74 Å². The lowest BCUT2D eigenvalue weighted by molar-refractivity contribution is -0.122. The maximum Gasteiger partial charge on any atom is 0.251 e. The van der Waals surface area contributed by atoms with Gasteiger partial charge in [-0.1, -0.05) is 37.3 Å². The number of fused-ring (bicyclic) bond motifs is 1. The zero-order chi connectivity index (χ0) is 15.2. The highest BCUT2D eigenvalue weighted by atomic mass is 32.1. The molecule has 0 saturated carbocycles. The van der Waals surface area contributed by atoms with Crippen LogP contribution >= 0.6 is 11.3 Å². The first-order valence-corrected chi connectivity index (χ1v) is 8.18. The van der Waals surface area contributed by atoms with E-state index in [2.05, 4.69) is 21.7 Å². The number of aromatic nitrogens is 1. The van der Waals surface area contributed by atoms with Crippen LogP contribution in [0.25, 0.3) is 10.2 Å². The number of methoxy groups -OCH3 is 1. The summed E-state index contributed by atoms with van der Waals surface area (Å²) in [6.07, 6.45) is 1.67. The van der Waals surface area contributed by atoms with Crippen molar-refractivity contribution >= 4 is 27.5 Å².